The summed E-state index contributed by atoms with van der Waals surface area (Å²) in [6.07, 6.45) is 0.881. The highest BCUT2D eigenvalue weighted by Gasteiger charge is 2.00. The van der Waals surface area contributed by atoms with Crippen molar-refractivity contribution in [3.8, 4) is 0 Å². The van der Waals surface area contributed by atoms with Crippen LogP contribution in [0.4, 0.5) is 16.2 Å². The van der Waals surface area contributed by atoms with Crippen molar-refractivity contribution in [3.63, 3.8) is 0 Å². The molecule has 2 aromatic rings. The summed E-state index contributed by atoms with van der Waals surface area (Å²) in [5.41, 5.74) is 1.94. The van der Waals surface area contributed by atoms with Crippen molar-refractivity contribution in [1.82, 2.24) is 5.32 Å². The number of carbonyl (C=O) groups excluding carboxylic acids is 1. The molecule has 2 rings (SSSR count). The van der Waals surface area contributed by atoms with Gasteiger partial charge in [-0.3, -0.25) is 0 Å². The van der Waals surface area contributed by atoms with Crippen LogP contribution in [0.3, 0.4) is 0 Å². The third-order valence-electron chi connectivity index (χ3n) is 2.52. The molecule has 0 aliphatic rings. The molecule has 19 heavy (non-hydrogen) atoms. The maximum Gasteiger partial charge on any atom is 0.319 e. The number of carbonyl (C=O) groups is 1. The van der Waals surface area contributed by atoms with E-state index in [0.717, 1.165) is 24.3 Å². The van der Waals surface area contributed by atoms with Crippen molar-refractivity contribution in [1.29, 1.82) is 0 Å². The average Bonchev–Trinajstić information content (AvgIpc) is 2.92. The predicted octanol–water partition coefficient (Wildman–Crippen LogP) is 3.37. The maximum absolute atomic E-state index is 11.5. The highest BCUT2D eigenvalue weighted by molar-refractivity contribution is 7.08. The first-order valence-corrected chi connectivity index (χ1v) is 7.15. The quantitative estimate of drug-likeness (QED) is 0.708. The van der Waals surface area contributed by atoms with Gasteiger partial charge in [-0.05, 0) is 30.0 Å². The normalized spacial score (nSPS) is 9.89. The van der Waals surface area contributed by atoms with Crippen LogP contribution in [-0.2, 0) is 0 Å². The summed E-state index contributed by atoms with van der Waals surface area (Å²) < 4.78 is 0. The molecule has 1 aromatic carbocycles. The minimum Gasteiger partial charge on any atom is -0.385 e. The molecular formula is C14H17N3OS. The Labute approximate surface area is 116 Å². The Kier molecular flexibility index (Phi) is 5.25. The molecule has 1 heterocycles. The van der Waals surface area contributed by atoms with Crippen LogP contribution in [0.5, 0.6) is 0 Å². The zero-order valence-electron chi connectivity index (χ0n) is 10.6. The standard InChI is InChI=1S/C14H17N3OS/c18-14(17-13-7-10-19-11-13)16-9-4-8-15-12-5-2-1-3-6-12/h1-3,5-7,10-11,15H,4,8-9H2,(H2,16,17,18). The molecule has 0 unspecified atom stereocenters. The van der Waals surface area contributed by atoms with Crippen LogP contribution in [0, 0.1) is 0 Å². The van der Waals surface area contributed by atoms with Crippen LogP contribution in [-0.4, -0.2) is 19.1 Å². The molecule has 0 saturated heterocycles. The SMILES string of the molecule is O=C(NCCCNc1ccccc1)Nc1ccsc1. The highest BCUT2D eigenvalue weighted by atomic mass is 32.1. The summed E-state index contributed by atoms with van der Waals surface area (Å²) >= 11 is 1.56. The van der Waals surface area contributed by atoms with E-state index in [4.69, 9.17) is 0 Å². The van der Waals surface area contributed by atoms with Crippen molar-refractivity contribution in [2.24, 2.45) is 0 Å². The van der Waals surface area contributed by atoms with Crippen molar-refractivity contribution < 1.29 is 4.79 Å². The van der Waals surface area contributed by atoms with E-state index in [2.05, 4.69) is 16.0 Å². The van der Waals surface area contributed by atoms with Gasteiger partial charge in [0.1, 0.15) is 0 Å². The lowest BCUT2D eigenvalue weighted by Gasteiger charge is -2.08. The van der Waals surface area contributed by atoms with E-state index < -0.39 is 0 Å². The molecule has 0 saturated carbocycles. The van der Waals surface area contributed by atoms with Gasteiger partial charge in [0.15, 0.2) is 0 Å². The van der Waals surface area contributed by atoms with Gasteiger partial charge in [0, 0.05) is 24.2 Å². The summed E-state index contributed by atoms with van der Waals surface area (Å²) in [4.78, 5) is 11.5. The summed E-state index contributed by atoms with van der Waals surface area (Å²) in [6, 6.07) is 11.7. The molecule has 100 valence electrons. The van der Waals surface area contributed by atoms with Gasteiger partial charge in [0.25, 0.3) is 0 Å². The molecule has 0 aliphatic carbocycles. The van der Waals surface area contributed by atoms with Crippen molar-refractivity contribution in [3.05, 3.63) is 47.2 Å². The second-order valence-corrected chi connectivity index (χ2v) is 4.82. The van der Waals surface area contributed by atoms with Gasteiger partial charge in [0.2, 0.25) is 0 Å². The summed E-state index contributed by atoms with van der Waals surface area (Å²) in [6.45, 7) is 1.48. The summed E-state index contributed by atoms with van der Waals surface area (Å²) in [5, 5.41) is 12.7. The molecule has 0 atom stereocenters. The Morgan fingerprint density at radius 1 is 1.05 bits per heavy atom. The molecule has 4 nitrogen and oxygen atoms in total. The molecular weight excluding hydrogens is 258 g/mol. The molecule has 0 fully saturated rings. The second-order valence-electron chi connectivity index (χ2n) is 4.04. The van der Waals surface area contributed by atoms with Gasteiger partial charge in [0.05, 0.1) is 5.69 Å². The Hall–Kier alpha value is -2.01. The number of para-hydroxylation sites is 1. The van der Waals surface area contributed by atoms with E-state index in [9.17, 15) is 4.79 Å². The number of urea groups is 1. The fourth-order valence-electron chi connectivity index (χ4n) is 1.59. The van der Waals surface area contributed by atoms with Crippen LogP contribution in [0.15, 0.2) is 47.2 Å². The van der Waals surface area contributed by atoms with E-state index in [0.29, 0.717) is 6.54 Å². The van der Waals surface area contributed by atoms with E-state index in [-0.39, 0.29) is 6.03 Å². The molecule has 0 spiro atoms. The summed E-state index contributed by atoms with van der Waals surface area (Å²) in [5.74, 6) is 0. The minimum atomic E-state index is -0.155. The lowest BCUT2D eigenvalue weighted by molar-refractivity contribution is 0.252. The predicted molar refractivity (Wildman–Crippen MR) is 80.9 cm³/mol. The van der Waals surface area contributed by atoms with E-state index in [1.165, 1.54) is 0 Å². The first kappa shape index (κ1) is 13.4. The van der Waals surface area contributed by atoms with Crippen LogP contribution < -0.4 is 16.0 Å². The van der Waals surface area contributed by atoms with Crippen molar-refractivity contribution >= 4 is 28.7 Å². The largest absolute Gasteiger partial charge is 0.385 e. The Morgan fingerprint density at radius 3 is 2.63 bits per heavy atom. The number of anilines is 2. The Balaban J connectivity index is 1.56. The number of amides is 2. The number of thiophene rings is 1. The molecule has 5 heteroatoms. The monoisotopic (exact) mass is 275 g/mol. The second kappa shape index (κ2) is 7.43. The van der Waals surface area contributed by atoms with Gasteiger partial charge >= 0.3 is 6.03 Å². The number of hydrogen-bond donors (Lipinski definition) is 3. The number of benzene rings is 1. The smallest absolute Gasteiger partial charge is 0.319 e. The molecule has 0 aliphatic heterocycles. The Morgan fingerprint density at radius 2 is 1.89 bits per heavy atom. The van der Waals surface area contributed by atoms with Gasteiger partial charge in [-0.15, -0.1) is 0 Å². The third-order valence-corrected chi connectivity index (χ3v) is 3.20. The zero-order valence-corrected chi connectivity index (χ0v) is 11.4. The summed E-state index contributed by atoms with van der Waals surface area (Å²) in [7, 11) is 0. The maximum atomic E-state index is 11.5. The fourth-order valence-corrected chi connectivity index (χ4v) is 2.18. The number of hydrogen-bond acceptors (Lipinski definition) is 3. The van der Waals surface area contributed by atoms with Crippen LogP contribution in [0.2, 0.25) is 0 Å². The fraction of sp³-hybridized carbons (Fsp3) is 0.214. The van der Waals surface area contributed by atoms with Crippen LogP contribution in [0.1, 0.15) is 6.42 Å². The first-order valence-electron chi connectivity index (χ1n) is 6.20. The molecule has 3 N–H and O–H groups in total. The lowest BCUT2D eigenvalue weighted by atomic mass is 10.3. The van der Waals surface area contributed by atoms with Crippen LogP contribution in [0.25, 0.3) is 0 Å². The third kappa shape index (κ3) is 5.01. The minimum absolute atomic E-state index is 0.155. The molecule has 1 aromatic heterocycles. The van der Waals surface area contributed by atoms with Gasteiger partial charge in [-0.25, -0.2) is 4.79 Å². The molecule has 2 amide bonds. The lowest BCUT2D eigenvalue weighted by Crippen LogP contribution is -2.30. The Bertz CT molecular complexity index is 485. The van der Waals surface area contributed by atoms with Gasteiger partial charge in [-0.2, -0.15) is 11.3 Å². The number of rotatable bonds is 6. The molecule has 0 bridgehead atoms. The molecule has 0 radical (unpaired) electrons. The van der Waals surface area contributed by atoms with Gasteiger partial charge in [-0.1, -0.05) is 18.2 Å². The van der Waals surface area contributed by atoms with Crippen LogP contribution >= 0.6 is 11.3 Å². The first-order chi connectivity index (χ1) is 9.34. The van der Waals surface area contributed by atoms with E-state index in [1.807, 2.05) is 47.2 Å². The topological polar surface area (TPSA) is 53.2 Å². The zero-order chi connectivity index (χ0) is 13.3. The van der Waals surface area contributed by atoms with E-state index >= 15 is 0 Å². The van der Waals surface area contributed by atoms with Crippen molar-refractivity contribution in [2.75, 3.05) is 23.7 Å². The average molecular weight is 275 g/mol. The van der Waals surface area contributed by atoms with Gasteiger partial charge < -0.3 is 16.0 Å². The van der Waals surface area contributed by atoms with E-state index in [1.54, 1.807) is 11.3 Å². The van der Waals surface area contributed by atoms with Crippen molar-refractivity contribution in [2.45, 2.75) is 6.42 Å². The number of nitrogens with one attached hydrogen (secondary N) is 3. The highest BCUT2D eigenvalue weighted by Crippen LogP contribution is 2.11.